The van der Waals surface area contributed by atoms with Gasteiger partial charge in [-0.2, -0.15) is 5.26 Å². The maximum atomic E-state index is 14.4. The van der Waals surface area contributed by atoms with Gasteiger partial charge in [-0.15, -0.1) is 11.3 Å². The molecule has 252 valence electrons. The second-order valence-corrected chi connectivity index (χ2v) is 16.5. The fourth-order valence-electron chi connectivity index (χ4n) is 8.02. The minimum Gasteiger partial charge on any atom is -0.340 e. The van der Waals surface area contributed by atoms with Gasteiger partial charge in [-0.1, -0.05) is 30.5 Å². The number of benzene rings is 1. The van der Waals surface area contributed by atoms with Crippen molar-refractivity contribution in [3.63, 3.8) is 0 Å². The molecule has 4 aliphatic rings. The molecule has 3 aromatic rings. The largest absolute Gasteiger partial charge is 0.363 e. The van der Waals surface area contributed by atoms with Crippen molar-refractivity contribution in [2.45, 2.75) is 86.9 Å². The average Bonchev–Trinajstić information content (AvgIpc) is 3.39. The Balaban J connectivity index is 1.11. The number of fused-ring (bicyclic) bond motifs is 2. The second-order valence-electron chi connectivity index (χ2n) is 13.3. The van der Waals surface area contributed by atoms with Gasteiger partial charge in [0.2, 0.25) is 17.7 Å². The van der Waals surface area contributed by atoms with Crippen molar-refractivity contribution in [3.05, 3.63) is 63.8 Å². The molecule has 1 spiro atoms. The van der Waals surface area contributed by atoms with E-state index in [1.165, 1.54) is 30.5 Å². The summed E-state index contributed by atoms with van der Waals surface area (Å²) >= 11 is 7.36. The van der Waals surface area contributed by atoms with Crippen molar-refractivity contribution in [2.24, 2.45) is 5.92 Å². The lowest BCUT2D eigenvalue weighted by Gasteiger charge is -2.37. The molecule has 0 bridgehead atoms. The summed E-state index contributed by atoms with van der Waals surface area (Å²) in [5.74, 6) is -4.09. The predicted molar refractivity (Wildman–Crippen MR) is 176 cm³/mol. The molecule has 6 atom stereocenters. The highest BCUT2D eigenvalue weighted by atomic mass is 35.5. The van der Waals surface area contributed by atoms with E-state index >= 15 is 0 Å². The van der Waals surface area contributed by atoms with E-state index < -0.39 is 43.0 Å². The van der Waals surface area contributed by atoms with E-state index in [2.05, 4.69) is 16.4 Å². The number of likely N-dealkylation sites (tertiary alicyclic amines) is 1. The number of nitrogens with one attached hydrogen (secondary N) is 1. The van der Waals surface area contributed by atoms with Crippen molar-refractivity contribution in [2.75, 3.05) is 6.54 Å². The lowest BCUT2D eigenvalue weighted by atomic mass is 9.85. The summed E-state index contributed by atoms with van der Waals surface area (Å²) in [7, 11) is -5.00. The first-order chi connectivity index (χ1) is 22.9. The van der Waals surface area contributed by atoms with Crippen LogP contribution >= 0.6 is 30.5 Å². The van der Waals surface area contributed by atoms with Crippen molar-refractivity contribution in [3.8, 4) is 6.07 Å². The van der Waals surface area contributed by atoms with Crippen LogP contribution < -0.4 is 5.32 Å². The second kappa shape index (κ2) is 12.5. The molecule has 5 heterocycles. The molecular formula is C33H34ClFN5O6PS. The molecule has 4 fully saturated rings. The first kappa shape index (κ1) is 33.1. The number of nitrogens with zero attached hydrogens (tertiary/aromatic N) is 4. The van der Waals surface area contributed by atoms with E-state index in [1.807, 2.05) is 4.90 Å². The van der Waals surface area contributed by atoms with Gasteiger partial charge in [-0.25, -0.2) is 4.39 Å². The molecule has 3 amide bonds. The zero-order chi connectivity index (χ0) is 34.0. The van der Waals surface area contributed by atoms with Crippen LogP contribution in [0.5, 0.6) is 0 Å². The zero-order valence-electron chi connectivity index (χ0n) is 25.8. The fourth-order valence-corrected chi connectivity index (χ4v) is 9.69. The van der Waals surface area contributed by atoms with Gasteiger partial charge in [-0.3, -0.25) is 23.9 Å². The molecule has 3 aliphatic heterocycles. The number of pyridine rings is 1. The highest BCUT2D eigenvalue weighted by Crippen LogP contribution is 2.58. The van der Waals surface area contributed by atoms with Crippen LogP contribution in [0.3, 0.4) is 0 Å². The van der Waals surface area contributed by atoms with E-state index in [9.17, 15) is 38.4 Å². The van der Waals surface area contributed by atoms with E-state index in [-0.39, 0.29) is 34.2 Å². The third kappa shape index (κ3) is 5.81. The van der Waals surface area contributed by atoms with Gasteiger partial charge in [-0.05, 0) is 79.3 Å². The molecule has 1 aliphatic carbocycles. The van der Waals surface area contributed by atoms with Crippen LogP contribution in [-0.4, -0.2) is 72.5 Å². The van der Waals surface area contributed by atoms with Crippen molar-refractivity contribution >= 4 is 58.3 Å². The molecule has 1 unspecified atom stereocenters. The third-order valence-corrected chi connectivity index (χ3v) is 12.7. The zero-order valence-corrected chi connectivity index (χ0v) is 28.3. The molecule has 11 nitrogen and oxygen atoms in total. The van der Waals surface area contributed by atoms with E-state index in [0.717, 1.165) is 36.2 Å². The van der Waals surface area contributed by atoms with Crippen LogP contribution in [0.15, 0.2) is 42.7 Å². The monoisotopic (exact) mass is 713 g/mol. The minimum absolute atomic E-state index is 0.131. The Kier molecular flexibility index (Phi) is 8.61. The first-order valence-electron chi connectivity index (χ1n) is 16.1. The molecule has 3 saturated heterocycles. The predicted octanol–water partition coefficient (Wildman–Crippen LogP) is 5.43. The lowest BCUT2D eigenvalue weighted by molar-refractivity contribution is -0.148. The molecule has 2 aromatic heterocycles. The highest BCUT2D eigenvalue weighted by molar-refractivity contribution is 7.51. The smallest absolute Gasteiger partial charge is 0.340 e. The van der Waals surface area contributed by atoms with Gasteiger partial charge >= 0.3 is 7.60 Å². The normalized spacial score (nSPS) is 27.3. The molecule has 7 rings (SSSR count). The molecule has 1 aromatic carbocycles. The van der Waals surface area contributed by atoms with E-state index in [0.29, 0.717) is 53.8 Å². The van der Waals surface area contributed by atoms with Crippen LogP contribution in [0.25, 0.3) is 10.1 Å². The highest BCUT2D eigenvalue weighted by Gasteiger charge is 2.64. The number of hydrogen-bond acceptors (Lipinski definition) is 7. The van der Waals surface area contributed by atoms with Gasteiger partial charge in [0.25, 0.3) is 5.91 Å². The number of alkyl halides is 1. The number of aromatic nitrogens is 1. The molecule has 48 heavy (non-hydrogen) atoms. The summed E-state index contributed by atoms with van der Waals surface area (Å²) in [4.78, 5) is 68.6. The quantitative estimate of drug-likeness (QED) is 0.285. The summed E-state index contributed by atoms with van der Waals surface area (Å²) in [6.07, 6.45) is 8.58. The summed E-state index contributed by atoms with van der Waals surface area (Å²) < 4.78 is 26.4. The van der Waals surface area contributed by atoms with Crippen LogP contribution in [0.4, 0.5) is 4.39 Å². The van der Waals surface area contributed by atoms with Crippen molar-refractivity contribution in [1.82, 2.24) is 20.1 Å². The fraction of sp³-hybridized carbons (Fsp3) is 0.485. The maximum absolute atomic E-state index is 14.4. The Hall–Kier alpha value is -3.40. The molecular weight excluding hydrogens is 680 g/mol. The molecule has 0 radical (unpaired) electrons. The number of rotatable bonds is 6. The Morgan fingerprint density at radius 2 is 1.92 bits per heavy atom. The molecule has 1 saturated carbocycles. The topological polar surface area (TPSA) is 164 Å². The van der Waals surface area contributed by atoms with Crippen LogP contribution in [0.2, 0.25) is 5.02 Å². The van der Waals surface area contributed by atoms with Crippen molar-refractivity contribution in [1.29, 1.82) is 5.26 Å². The van der Waals surface area contributed by atoms with Crippen LogP contribution in [-0.2, 0) is 14.2 Å². The Morgan fingerprint density at radius 1 is 1.15 bits per heavy atom. The van der Waals surface area contributed by atoms with Crippen molar-refractivity contribution < 1.29 is 33.1 Å². The number of thiophene rings is 1. The first-order valence-corrected chi connectivity index (χ1v) is 19.0. The summed E-state index contributed by atoms with van der Waals surface area (Å²) in [6.45, 7) is 0.341. The Morgan fingerprint density at radius 3 is 2.62 bits per heavy atom. The Bertz CT molecular complexity index is 1890. The lowest BCUT2D eigenvalue weighted by Crippen LogP contribution is -2.57. The van der Waals surface area contributed by atoms with Gasteiger partial charge in [0, 0.05) is 35.6 Å². The SMILES string of the molecule is N#C[C@@H]1[C@@H](c2cncc(Cl)c2)CN(C(=O)[C@@H]2CC[C@@H]3CCCC[C@H](NC(=O)c4cc5cc(C(F)P(=O)(O)O)ccc5s4)C(=O)N32)C12CC2. The molecule has 15 heteroatoms. The van der Waals surface area contributed by atoms with Gasteiger partial charge in [0.15, 0.2) is 0 Å². The van der Waals surface area contributed by atoms with Gasteiger partial charge < -0.3 is 24.9 Å². The number of amides is 3. The number of nitriles is 1. The minimum atomic E-state index is -5.00. The number of halogens is 2. The van der Waals surface area contributed by atoms with E-state index in [4.69, 9.17) is 11.6 Å². The average molecular weight is 714 g/mol. The van der Waals surface area contributed by atoms with E-state index in [1.54, 1.807) is 17.2 Å². The van der Waals surface area contributed by atoms with Gasteiger partial charge in [0.1, 0.15) is 12.1 Å². The maximum Gasteiger partial charge on any atom is 0.363 e. The molecule has 3 N–H and O–H groups in total. The Labute approximate surface area is 285 Å². The van der Waals surface area contributed by atoms with Crippen LogP contribution in [0.1, 0.15) is 84.0 Å². The summed E-state index contributed by atoms with van der Waals surface area (Å²) in [5, 5.41) is 14.0. The number of carbonyl (C=O) groups excluding carboxylic acids is 3. The number of hydrogen-bond donors (Lipinski definition) is 3. The summed E-state index contributed by atoms with van der Waals surface area (Å²) in [6, 6.07) is 8.20. The van der Waals surface area contributed by atoms with Gasteiger partial charge in [0.05, 0.1) is 27.4 Å². The van der Waals surface area contributed by atoms with Crippen LogP contribution in [0, 0.1) is 17.2 Å². The standard InChI is InChI=1S/C33H34ClFN5O6PS/c34-21-12-20(15-37-16-21)23-17-39(33(9-10-33)24(23)14-36)32(43)26-7-6-22-3-1-2-4-25(31(42)40(22)26)38-30(41)28-13-19-11-18(5-8-27(19)48-28)29(35)47(44,45)46/h5,8,11-13,15-16,22-26,29H,1-4,6-7,9-10,17H2,(H,38,41)(H2,44,45,46)/t22-,23+,24+,25-,26-,29?/m0/s1. The number of carbonyl (C=O) groups is 3. The third-order valence-electron chi connectivity index (χ3n) is 10.5. The summed E-state index contributed by atoms with van der Waals surface area (Å²) in [5.41, 5.74) is 0.0492.